The van der Waals surface area contributed by atoms with Gasteiger partial charge >= 0.3 is 0 Å². The summed E-state index contributed by atoms with van der Waals surface area (Å²) in [6.07, 6.45) is 1.40. The van der Waals surface area contributed by atoms with Gasteiger partial charge in [0.15, 0.2) is 11.6 Å². The van der Waals surface area contributed by atoms with Gasteiger partial charge in [-0.1, -0.05) is 0 Å². The molecule has 0 spiro atoms. The SMILES string of the molecule is CN(C1CC1)S(=O)(=O)c1cc(C(=O)Nc2ccc(F)c(F)c2)ccc1F. The topological polar surface area (TPSA) is 66.5 Å². The summed E-state index contributed by atoms with van der Waals surface area (Å²) in [6.45, 7) is 0. The highest BCUT2D eigenvalue weighted by atomic mass is 32.2. The Morgan fingerprint density at radius 2 is 1.69 bits per heavy atom. The van der Waals surface area contributed by atoms with E-state index in [2.05, 4.69) is 5.32 Å². The van der Waals surface area contributed by atoms with Gasteiger partial charge in [-0.25, -0.2) is 21.6 Å². The normalized spacial score (nSPS) is 14.5. The first kappa shape index (κ1) is 18.4. The lowest BCUT2D eigenvalue weighted by Gasteiger charge is -2.17. The Hall–Kier alpha value is -2.39. The Kier molecular flexibility index (Phi) is 4.76. The first-order chi connectivity index (χ1) is 12.2. The average Bonchev–Trinajstić information content (AvgIpc) is 3.42. The molecule has 3 rings (SSSR count). The second-order valence-corrected chi connectivity index (χ2v) is 7.95. The number of hydrogen-bond acceptors (Lipinski definition) is 3. The molecule has 0 unspecified atom stereocenters. The fraction of sp³-hybridized carbons (Fsp3) is 0.235. The van der Waals surface area contributed by atoms with Gasteiger partial charge in [0.05, 0.1) is 0 Å². The quantitative estimate of drug-likeness (QED) is 0.861. The standard InChI is InChI=1S/C17H15F3N2O3S/c1-22(12-4-5-12)26(24,25)16-8-10(2-6-14(16)19)17(23)21-11-3-7-13(18)15(20)9-11/h2-3,6-9,12H,4-5H2,1H3,(H,21,23). The minimum absolute atomic E-state index is 0.0160. The summed E-state index contributed by atoms with van der Waals surface area (Å²) in [5.74, 6) is -3.96. The molecule has 0 aromatic heterocycles. The van der Waals surface area contributed by atoms with Crippen LogP contribution in [0.25, 0.3) is 0 Å². The average molecular weight is 384 g/mol. The van der Waals surface area contributed by atoms with Gasteiger partial charge in [0.25, 0.3) is 5.91 Å². The number of nitrogens with one attached hydrogen (secondary N) is 1. The van der Waals surface area contributed by atoms with Crippen molar-refractivity contribution in [3.05, 3.63) is 59.4 Å². The molecule has 1 aliphatic carbocycles. The molecule has 2 aromatic carbocycles. The molecule has 1 aliphatic rings. The molecule has 1 N–H and O–H groups in total. The van der Waals surface area contributed by atoms with Crippen LogP contribution in [0.2, 0.25) is 0 Å². The maximum Gasteiger partial charge on any atom is 0.255 e. The maximum atomic E-state index is 14.1. The minimum atomic E-state index is -4.08. The van der Waals surface area contributed by atoms with E-state index >= 15 is 0 Å². The Morgan fingerprint density at radius 1 is 1.04 bits per heavy atom. The van der Waals surface area contributed by atoms with Crippen molar-refractivity contribution in [3.8, 4) is 0 Å². The van der Waals surface area contributed by atoms with Crippen LogP contribution in [0.1, 0.15) is 23.2 Å². The lowest BCUT2D eigenvalue weighted by molar-refractivity contribution is 0.102. The van der Waals surface area contributed by atoms with Gasteiger partial charge in [-0.05, 0) is 43.2 Å². The van der Waals surface area contributed by atoms with Gasteiger partial charge < -0.3 is 5.32 Å². The molecule has 0 saturated heterocycles. The van der Waals surface area contributed by atoms with Crippen LogP contribution in [-0.4, -0.2) is 31.7 Å². The van der Waals surface area contributed by atoms with E-state index in [4.69, 9.17) is 0 Å². The van der Waals surface area contributed by atoms with Crippen molar-refractivity contribution in [3.63, 3.8) is 0 Å². The van der Waals surface area contributed by atoms with Crippen molar-refractivity contribution in [1.29, 1.82) is 0 Å². The number of carbonyl (C=O) groups excluding carboxylic acids is 1. The molecule has 1 saturated carbocycles. The Bertz CT molecular complexity index is 975. The van der Waals surface area contributed by atoms with Crippen molar-refractivity contribution in [1.82, 2.24) is 4.31 Å². The van der Waals surface area contributed by atoms with Crippen LogP contribution in [0.15, 0.2) is 41.3 Å². The Labute approximate surface area is 148 Å². The molecule has 0 heterocycles. The summed E-state index contributed by atoms with van der Waals surface area (Å²) >= 11 is 0. The zero-order valence-corrected chi connectivity index (χ0v) is 14.5. The van der Waals surface area contributed by atoms with E-state index in [1.54, 1.807) is 0 Å². The summed E-state index contributed by atoms with van der Waals surface area (Å²) < 4.78 is 66.3. The largest absolute Gasteiger partial charge is 0.322 e. The Morgan fingerprint density at radius 3 is 2.31 bits per heavy atom. The number of hydrogen-bond donors (Lipinski definition) is 1. The van der Waals surface area contributed by atoms with Crippen molar-refractivity contribution in [2.24, 2.45) is 0 Å². The van der Waals surface area contributed by atoms with Gasteiger partial charge in [0.2, 0.25) is 10.0 Å². The van der Waals surface area contributed by atoms with Gasteiger partial charge in [0, 0.05) is 30.4 Å². The number of benzene rings is 2. The van der Waals surface area contributed by atoms with E-state index in [1.807, 2.05) is 0 Å². The van der Waals surface area contributed by atoms with E-state index in [1.165, 1.54) is 7.05 Å². The lowest BCUT2D eigenvalue weighted by Crippen LogP contribution is -2.30. The van der Waals surface area contributed by atoms with E-state index in [-0.39, 0.29) is 17.3 Å². The highest BCUT2D eigenvalue weighted by molar-refractivity contribution is 7.89. The summed E-state index contributed by atoms with van der Waals surface area (Å²) in [4.78, 5) is 11.7. The fourth-order valence-corrected chi connectivity index (χ4v) is 3.91. The number of halogens is 3. The molecule has 9 heteroatoms. The molecular formula is C17H15F3N2O3S. The van der Waals surface area contributed by atoms with Crippen molar-refractivity contribution >= 4 is 21.6 Å². The van der Waals surface area contributed by atoms with Gasteiger partial charge in [-0.3, -0.25) is 4.79 Å². The summed E-state index contributed by atoms with van der Waals surface area (Å²) in [7, 11) is -2.72. The van der Waals surface area contributed by atoms with Gasteiger partial charge in [-0.15, -0.1) is 0 Å². The molecule has 0 aliphatic heterocycles. The number of carbonyl (C=O) groups is 1. The number of anilines is 1. The second-order valence-electron chi connectivity index (χ2n) is 5.98. The summed E-state index contributed by atoms with van der Waals surface area (Å²) in [5.41, 5.74) is -0.142. The molecule has 1 amide bonds. The fourth-order valence-electron chi connectivity index (χ4n) is 2.41. The number of rotatable bonds is 5. The lowest BCUT2D eigenvalue weighted by atomic mass is 10.2. The van der Waals surface area contributed by atoms with Crippen molar-refractivity contribution < 1.29 is 26.4 Å². The molecule has 0 atom stereocenters. The van der Waals surface area contributed by atoms with Crippen LogP contribution >= 0.6 is 0 Å². The zero-order valence-electron chi connectivity index (χ0n) is 13.7. The molecule has 26 heavy (non-hydrogen) atoms. The van der Waals surface area contributed by atoms with E-state index < -0.39 is 38.3 Å². The monoisotopic (exact) mass is 384 g/mol. The number of nitrogens with zero attached hydrogens (tertiary/aromatic N) is 1. The number of sulfonamides is 1. The molecule has 0 radical (unpaired) electrons. The molecule has 2 aromatic rings. The van der Waals surface area contributed by atoms with Crippen LogP contribution in [0.5, 0.6) is 0 Å². The smallest absolute Gasteiger partial charge is 0.255 e. The van der Waals surface area contributed by atoms with Crippen LogP contribution in [0.3, 0.4) is 0 Å². The summed E-state index contributed by atoms with van der Waals surface area (Å²) in [5, 5.41) is 2.31. The van der Waals surface area contributed by atoms with Crippen LogP contribution in [0.4, 0.5) is 18.9 Å². The third-order valence-electron chi connectivity index (χ3n) is 4.09. The predicted molar refractivity (Wildman–Crippen MR) is 88.7 cm³/mol. The van der Waals surface area contributed by atoms with Crippen molar-refractivity contribution in [2.45, 2.75) is 23.8 Å². The number of amides is 1. The third kappa shape index (κ3) is 3.58. The van der Waals surface area contributed by atoms with E-state index in [0.29, 0.717) is 12.8 Å². The molecule has 138 valence electrons. The predicted octanol–water partition coefficient (Wildman–Crippen LogP) is 3.14. The Balaban J connectivity index is 1.89. The summed E-state index contributed by atoms with van der Waals surface area (Å²) in [6, 6.07) is 5.54. The van der Waals surface area contributed by atoms with Crippen molar-refractivity contribution in [2.75, 3.05) is 12.4 Å². The first-order valence-corrected chi connectivity index (χ1v) is 9.18. The highest BCUT2D eigenvalue weighted by Gasteiger charge is 2.36. The second kappa shape index (κ2) is 6.73. The minimum Gasteiger partial charge on any atom is -0.322 e. The van der Waals surface area contributed by atoms with E-state index in [9.17, 15) is 26.4 Å². The molecule has 1 fully saturated rings. The van der Waals surface area contributed by atoms with Gasteiger partial charge in [0.1, 0.15) is 10.7 Å². The maximum absolute atomic E-state index is 14.1. The first-order valence-electron chi connectivity index (χ1n) is 7.74. The highest BCUT2D eigenvalue weighted by Crippen LogP contribution is 2.31. The van der Waals surface area contributed by atoms with Crippen LogP contribution in [-0.2, 0) is 10.0 Å². The molecule has 0 bridgehead atoms. The van der Waals surface area contributed by atoms with Crippen LogP contribution < -0.4 is 5.32 Å². The zero-order chi connectivity index (χ0) is 19.1. The molecular weight excluding hydrogens is 369 g/mol. The van der Waals surface area contributed by atoms with Crippen LogP contribution in [0, 0.1) is 17.5 Å². The third-order valence-corrected chi connectivity index (χ3v) is 6.01. The van der Waals surface area contributed by atoms with Gasteiger partial charge in [-0.2, -0.15) is 4.31 Å². The van der Waals surface area contributed by atoms with E-state index in [0.717, 1.165) is 40.7 Å². The molecule has 5 nitrogen and oxygen atoms in total.